The standard InChI is InChI=1S/C29H45N3O6/c1-19(2)32(21-12-10-13-30(18-21)27(35)38-28(4,5)6)25(33)22-17-23-24(16-20(22)3)37-29(7,8)26(34)31(23)14-11-15-36-9/h16-17,19,21H,10-15,18H2,1-9H3/t21-/m1/s1. The summed E-state index contributed by atoms with van der Waals surface area (Å²) in [6.07, 6.45) is 1.89. The van der Waals surface area contributed by atoms with E-state index in [4.69, 9.17) is 14.2 Å². The number of nitrogens with zero attached hydrogens (tertiary/aromatic N) is 3. The highest BCUT2D eigenvalue weighted by Crippen LogP contribution is 2.40. The number of carbonyl (C=O) groups excluding carboxylic acids is 3. The van der Waals surface area contributed by atoms with Crippen molar-refractivity contribution < 1.29 is 28.6 Å². The average Bonchev–Trinajstić information content (AvgIpc) is 2.80. The van der Waals surface area contributed by atoms with Crippen LogP contribution >= 0.6 is 0 Å². The monoisotopic (exact) mass is 531 g/mol. The summed E-state index contributed by atoms with van der Waals surface area (Å²) in [5.41, 5.74) is 0.318. The number of likely N-dealkylation sites (tertiary alicyclic amines) is 1. The summed E-state index contributed by atoms with van der Waals surface area (Å²) in [4.78, 5) is 45.4. The molecule has 3 rings (SSSR count). The summed E-state index contributed by atoms with van der Waals surface area (Å²) >= 11 is 0. The lowest BCUT2D eigenvalue weighted by Gasteiger charge is -2.42. The fraction of sp³-hybridized carbons (Fsp3) is 0.690. The summed E-state index contributed by atoms with van der Waals surface area (Å²) in [6.45, 7) is 17.0. The third-order valence-electron chi connectivity index (χ3n) is 6.92. The minimum Gasteiger partial charge on any atom is -0.476 e. The maximum atomic E-state index is 14.1. The van der Waals surface area contributed by atoms with Gasteiger partial charge in [0.1, 0.15) is 11.4 Å². The average molecular weight is 532 g/mol. The van der Waals surface area contributed by atoms with E-state index < -0.39 is 11.2 Å². The molecule has 1 aromatic rings. The number of rotatable bonds is 7. The van der Waals surface area contributed by atoms with E-state index in [-0.39, 0.29) is 30.0 Å². The number of carbonyl (C=O) groups is 3. The van der Waals surface area contributed by atoms with E-state index in [0.29, 0.717) is 49.7 Å². The van der Waals surface area contributed by atoms with E-state index in [9.17, 15) is 14.4 Å². The van der Waals surface area contributed by atoms with Crippen molar-refractivity contribution in [1.82, 2.24) is 9.80 Å². The molecule has 38 heavy (non-hydrogen) atoms. The molecule has 2 heterocycles. The number of anilines is 1. The van der Waals surface area contributed by atoms with E-state index in [1.165, 1.54) is 0 Å². The Labute approximate surface area is 227 Å². The van der Waals surface area contributed by atoms with Crippen LogP contribution in [0.2, 0.25) is 0 Å². The van der Waals surface area contributed by atoms with Gasteiger partial charge in [-0.15, -0.1) is 0 Å². The molecular formula is C29H45N3O6. The van der Waals surface area contributed by atoms with Crippen molar-refractivity contribution in [2.45, 2.75) is 97.9 Å². The summed E-state index contributed by atoms with van der Waals surface area (Å²) in [5, 5.41) is 0. The highest BCUT2D eigenvalue weighted by molar-refractivity contribution is 6.05. The highest BCUT2D eigenvalue weighted by atomic mass is 16.6. The van der Waals surface area contributed by atoms with E-state index >= 15 is 0 Å². The van der Waals surface area contributed by atoms with Crippen molar-refractivity contribution in [2.24, 2.45) is 0 Å². The zero-order valence-corrected chi connectivity index (χ0v) is 24.6. The molecule has 0 N–H and O–H groups in total. The minimum absolute atomic E-state index is 0.0869. The van der Waals surface area contributed by atoms with E-state index in [0.717, 1.165) is 18.4 Å². The van der Waals surface area contributed by atoms with Crippen LogP contribution < -0.4 is 9.64 Å². The van der Waals surface area contributed by atoms with Gasteiger partial charge in [0.25, 0.3) is 11.8 Å². The van der Waals surface area contributed by atoms with E-state index in [1.807, 2.05) is 52.5 Å². The fourth-order valence-corrected chi connectivity index (χ4v) is 5.17. The molecule has 0 bridgehead atoms. The molecule has 9 heteroatoms. The van der Waals surface area contributed by atoms with Crippen LogP contribution in [0.4, 0.5) is 10.5 Å². The van der Waals surface area contributed by atoms with Gasteiger partial charge in [0, 0.05) is 45.0 Å². The van der Waals surface area contributed by atoms with E-state index in [1.54, 1.807) is 36.8 Å². The first-order valence-electron chi connectivity index (χ1n) is 13.6. The SMILES string of the molecule is COCCCN1C(=O)C(C)(C)Oc2cc(C)c(C(=O)N(C(C)C)[C@@H]3CCCN(C(=O)OC(C)(C)C)C3)cc21. The second-order valence-corrected chi connectivity index (χ2v) is 12.1. The van der Waals surface area contributed by atoms with Gasteiger partial charge in [-0.05, 0) is 92.3 Å². The fourth-order valence-electron chi connectivity index (χ4n) is 5.17. The smallest absolute Gasteiger partial charge is 0.410 e. The van der Waals surface area contributed by atoms with Crippen LogP contribution in [0.5, 0.6) is 5.75 Å². The Bertz CT molecular complexity index is 1050. The van der Waals surface area contributed by atoms with Crippen LogP contribution in [0, 0.1) is 6.92 Å². The predicted octanol–water partition coefficient (Wildman–Crippen LogP) is 4.79. The van der Waals surface area contributed by atoms with Crippen molar-refractivity contribution in [2.75, 3.05) is 38.3 Å². The summed E-state index contributed by atoms with van der Waals surface area (Å²) < 4.78 is 16.9. The molecule has 0 saturated carbocycles. The van der Waals surface area contributed by atoms with Crippen molar-refractivity contribution in [3.63, 3.8) is 0 Å². The van der Waals surface area contributed by atoms with Gasteiger partial charge < -0.3 is 28.9 Å². The molecule has 0 spiro atoms. The number of hydrogen-bond donors (Lipinski definition) is 0. The molecule has 0 aromatic heterocycles. The molecule has 1 fully saturated rings. The van der Waals surface area contributed by atoms with Crippen molar-refractivity contribution in [3.8, 4) is 5.75 Å². The van der Waals surface area contributed by atoms with Gasteiger partial charge in [0.15, 0.2) is 5.60 Å². The van der Waals surface area contributed by atoms with Gasteiger partial charge in [0.2, 0.25) is 0 Å². The Balaban J connectivity index is 1.93. The molecule has 1 saturated heterocycles. The Kier molecular flexibility index (Phi) is 9.01. The maximum absolute atomic E-state index is 14.1. The molecule has 0 aliphatic carbocycles. The first kappa shape index (κ1) is 29.7. The van der Waals surface area contributed by atoms with Crippen LogP contribution in [-0.4, -0.2) is 84.3 Å². The third kappa shape index (κ3) is 6.60. The Hall–Kier alpha value is -2.81. The lowest BCUT2D eigenvalue weighted by molar-refractivity contribution is -0.132. The zero-order chi connectivity index (χ0) is 28.4. The number of ether oxygens (including phenoxy) is 3. The molecule has 1 atom stereocenters. The topological polar surface area (TPSA) is 88.6 Å². The van der Waals surface area contributed by atoms with E-state index in [2.05, 4.69) is 0 Å². The Morgan fingerprint density at radius 2 is 1.92 bits per heavy atom. The Morgan fingerprint density at radius 1 is 1.24 bits per heavy atom. The highest BCUT2D eigenvalue weighted by Gasteiger charge is 2.42. The molecule has 2 aliphatic heterocycles. The predicted molar refractivity (Wildman–Crippen MR) is 147 cm³/mol. The van der Waals surface area contributed by atoms with Gasteiger partial charge in [-0.1, -0.05) is 0 Å². The molecule has 2 aliphatic rings. The molecular weight excluding hydrogens is 486 g/mol. The number of piperidine rings is 1. The molecule has 0 unspecified atom stereocenters. The van der Waals surface area contributed by atoms with Crippen LogP contribution in [-0.2, 0) is 14.3 Å². The van der Waals surface area contributed by atoms with Crippen LogP contribution in [0.3, 0.4) is 0 Å². The van der Waals surface area contributed by atoms with Gasteiger partial charge in [0.05, 0.1) is 11.7 Å². The van der Waals surface area contributed by atoms with Crippen molar-refractivity contribution in [1.29, 1.82) is 0 Å². The number of amides is 3. The number of hydrogen-bond acceptors (Lipinski definition) is 6. The Morgan fingerprint density at radius 3 is 2.53 bits per heavy atom. The normalized spacial score (nSPS) is 19.2. The van der Waals surface area contributed by atoms with Gasteiger partial charge in [-0.3, -0.25) is 9.59 Å². The quantitative estimate of drug-likeness (QED) is 0.470. The molecule has 212 valence electrons. The number of benzene rings is 1. The maximum Gasteiger partial charge on any atom is 0.410 e. The second kappa shape index (κ2) is 11.5. The van der Waals surface area contributed by atoms with Gasteiger partial charge in [-0.25, -0.2) is 4.79 Å². The summed E-state index contributed by atoms with van der Waals surface area (Å²) in [5.74, 6) is 0.320. The minimum atomic E-state index is -1.00. The van der Waals surface area contributed by atoms with Crippen LogP contribution in [0.25, 0.3) is 0 Å². The van der Waals surface area contributed by atoms with Crippen LogP contribution in [0.15, 0.2) is 12.1 Å². The van der Waals surface area contributed by atoms with Crippen LogP contribution in [0.1, 0.15) is 83.7 Å². The molecule has 1 aromatic carbocycles. The lowest BCUT2D eigenvalue weighted by Crippen LogP contribution is -2.55. The lowest BCUT2D eigenvalue weighted by atomic mass is 9.97. The molecule has 9 nitrogen and oxygen atoms in total. The van der Waals surface area contributed by atoms with Gasteiger partial charge >= 0.3 is 6.09 Å². The third-order valence-corrected chi connectivity index (χ3v) is 6.92. The number of methoxy groups -OCH3 is 1. The zero-order valence-electron chi connectivity index (χ0n) is 24.6. The molecule has 0 radical (unpaired) electrons. The number of aryl methyl sites for hydroxylation is 1. The first-order valence-corrected chi connectivity index (χ1v) is 13.6. The summed E-state index contributed by atoms with van der Waals surface area (Å²) in [7, 11) is 1.63. The number of fused-ring (bicyclic) bond motifs is 1. The second-order valence-electron chi connectivity index (χ2n) is 12.1. The largest absolute Gasteiger partial charge is 0.476 e. The van der Waals surface area contributed by atoms with Crippen molar-refractivity contribution in [3.05, 3.63) is 23.3 Å². The summed E-state index contributed by atoms with van der Waals surface area (Å²) in [6, 6.07) is 3.41. The van der Waals surface area contributed by atoms with Crippen molar-refractivity contribution >= 4 is 23.6 Å². The van der Waals surface area contributed by atoms with Gasteiger partial charge in [-0.2, -0.15) is 0 Å². The molecule has 3 amide bonds. The first-order chi connectivity index (χ1) is 17.7.